The van der Waals surface area contributed by atoms with E-state index in [9.17, 15) is 13.6 Å². The number of hydrogen-bond donors (Lipinski definition) is 0. The Labute approximate surface area is 154 Å². The van der Waals surface area contributed by atoms with Gasteiger partial charge in [-0.15, -0.1) is 0 Å². The minimum absolute atomic E-state index is 0.236. The van der Waals surface area contributed by atoms with Crippen molar-refractivity contribution in [2.45, 2.75) is 64.1 Å². The van der Waals surface area contributed by atoms with Crippen molar-refractivity contribution >= 4 is 6.09 Å². The molecular formula is C20H28F2N2O2. The van der Waals surface area contributed by atoms with Gasteiger partial charge in [0.25, 0.3) is 0 Å². The summed E-state index contributed by atoms with van der Waals surface area (Å²) in [5, 5.41) is 0. The Morgan fingerprint density at radius 1 is 1.15 bits per heavy atom. The van der Waals surface area contributed by atoms with Crippen LogP contribution in [0.5, 0.6) is 0 Å². The molecule has 0 aromatic heterocycles. The zero-order valence-corrected chi connectivity index (χ0v) is 15.8. The monoisotopic (exact) mass is 366 g/mol. The first kappa shape index (κ1) is 19.1. The van der Waals surface area contributed by atoms with Crippen LogP contribution in [0.4, 0.5) is 13.6 Å². The molecule has 2 saturated heterocycles. The van der Waals surface area contributed by atoms with Gasteiger partial charge < -0.3 is 14.5 Å². The van der Waals surface area contributed by atoms with Crippen molar-refractivity contribution in [3.8, 4) is 0 Å². The lowest BCUT2D eigenvalue weighted by molar-refractivity contribution is -0.000642. The van der Waals surface area contributed by atoms with E-state index in [-0.39, 0.29) is 11.6 Å². The van der Waals surface area contributed by atoms with Gasteiger partial charge in [-0.3, -0.25) is 0 Å². The third kappa shape index (κ3) is 4.34. The molecule has 0 unspecified atom stereocenters. The van der Waals surface area contributed by atoms with E-state index in [1.807, 2.05) is 0 Å². The van der Waals surface area contributed by atoms with Crippen LogP contribution in [0.25, 0.3) is 0 Å². The molecule has 144 valence electrons. The number of halogens is 2. The molecule has 26 heavy (non-hydrogen) atoms. The largest absolute Gasteiger partial charge is 0.444 e. The van der Waals surface area contributed by atoms with Crippen molar-refractivity contribution in [1.29, 1.82) is 0 Å². The maximum atomic E-state index is 14.5. The van der Waals surface area contributed by atoms with Gasteiger partial charge in [0.1, 0.15) is 17.2 Å². The molecule has 6 heteroatoms. The van der Waals surface area contributed by atoms with Gasteiger partial charge in [-0.25, -0.2) is 13.6 Å². The van der Waals surface area contributed by atoms with Crippen LogP contribution in [0.3, 0.4) is 0 Å². The van der Waals surface area contributed by atoms with Crippen LogP contribution in [0.2, 0.25) is 0 Å². The lowest BCUT2D eigenvalue weighted by Gasteiger charge is -2.43. The van der Waals surface area contributed by atoms with Gasteiger partial charge in [0.2, 0.25) is 0 Å². The van der Waals surface area contributed by atoms with E-state index >= 15 is 0 Å². The van der Waals surface area contributed by atoms with E-state index in [1.54, 1.807) is 25.7 Å². The minimum atomic E-state index is -0.631. The predicted octanol–water partition coefficient (Wildman–Crippen LogP) is 4.50. The van der Waals surface area contributed by atoms with Crippen molar-refractivity contribution in [2.24, 2.45) is 0 Å². The topological polar surface area (TPSA) is 32.8 Å². The molecule has 1 aromatic rings. The second-order valence-corrected chi connectivity index (χ2v) is 8.28. The first-order valence-corrected chi connectivity index (χ1v) is 9.43. The lowest BCUT2D eigenvalue weighted by atomic mass is 9.91. The highest BCUT2D eigenvalue weighted by Gasteiger charge is 2.38. The summed E-state index contributed by atoms with van der Waals surface area (Å²) in [5.41, 5.74) is -0.395. The molecular weight excluding hydrogens is 338 g/mol. The predicted molar refractivity (Wildman–Crippen MR) is 95.9 cm³/mol. The van der Waals surface area contributed by atoms with Crippen LogP contribution in [-0.2, 0) is 4.74 Å². The van der Waals surface area contributed by atoms with Crippen molar-refractivity contribution in [2.75, 3.05) is 19.6 Å². The highest BCUT2D eigenvalue weighted by Crippen LogP contribution is 2.36. The summed E-state index contributed by atoms with van der Waals surface area (Å²) in [6.45, 7) is 7.97. The van der Waals surface area contributed by atoms with Crippen molar-refractivity contribution in [3.05, 3.63) is 35.4 Å². The molecule has 3 rings (SSSR count). The van der Waals surface area contributed by atoms with Crippen LogP contribution in [0, 0.1) is 11.6 Å². The Balaban J connectivity index is 1.87. The Hall–Kier alpha value is -1.69. The van der Waals surface area contributed by atoms with Gasteiger partial charge in [-0.2, -0.15) is 0 Å². The summed E-state index contributed by atoms with van der Waals surface area (Å²) in [6, 6.07) is 3.22. The average molecular weight is 366 g/mol. The Morgan fingerprint density at radius 2 is 1.85 bits per heavy atom. The molecule has 0 radical (unpaired) electrons. The number of carbonyl (C=O) groups excluding carboxylic acids is 1. The number of amides is 1. The quantitative estimate of drug-likeness (QED) is 0.772. The maximum absolute atomic E-state index is 14.5. The van der Waals surface area contributed by atoms with Gasteiger partial charge in [0, 0.05) is 18.2 Å². The van der Waals surface area contributed by atoms with Gasteiger partial charge in [0.05, 0.1) is 6.04 Å². The number of hydrogen-bond acceptors (Lipinski definition) is 3. The maximum Gasteiger partial charge on any atom is 0.410 e. The number of ether oxygens (including phenoxy) is 1. The third-order valence-corrected chi connectivity index (χ3v) is 5.18. The molecule has 0 saturated carbocycles. The molecule has 1 aromatic carbocycles. The van der Waals surface area contributed by atoms with Crippen molar-refractivity contribution in [3.63, 3.8) is 0 Å². The lowest BCUT2D eigenvalue weighted by Crippen LogP contribution is -2.49. The average Bonchev–Trinajstić information content (AvgIpc) is 3.09. The molecule has 2 fully saturated rings. The van der Waals surface area contributed by atoms with E-state index < -0.39 is 29.4 Å². The normalized spacial score (nSPS) is 24.7. The minimum Gasteiger partial charge on any atom is -0.444 e. The highest BCUT2D eigenvalue weighted by atomic mass is 19.1. The number of nitrogens with zero attached hydrogens (tertiary/aromatic N) is 2. The van der Waals surface area contributed by atoms with E-state index in [0.29, 0.717) is 13.0 Å². The Bertz CT molecular complexity index is 654. The molecule has 2 atom stereocenters. The van der Waals surface area contributed by atoms with E-state index in [2.05, 4.69) is 4.90 Å². The molecule has 2 aliphatic heterocycles. The zero-order valence-electron chi connectivity index (χ0n) is 15.8. The Morgan fingerprint density at radius 3 is 2.50 bits per heavy atom. The molecule has 0 bridgehead atoms. The second-order valence-electron chi connectivity index (χ2n) is 8.28. The van der Waals surface area contributed by atoms with Crippen LogP contribution in [-0.4, -0.2) is 47.2 Å². The summed E-state index contributed by atoms with van der Waals surface area (Å²) in [4.78, 5) is 16.7. The number of likely N-dealkylation sites (tertiary alicyclic amines) is 2. The second kappa shape index (κ2) is 7.51. The fourth-order valence-corrected chi connectivity index (χ4v) is 3.99. The van der Waals surface area contributed by atoms with E-state index in [0.717, 1.165) is 31.6 Å². The number of carbonyl (C=O) groups is 1. The van der Waals surface area contributed by atoms with Crippen LogP contribution < -0.4 is 0 Å². The molecule has 2 aliphatic rings. The molecule has 0 spiro atoms. The van der Waals surface area contributed by atoms with Crippen molar-refractivity contribution in [1.82, 2.24) is 9.80 Å². The number of piperidine rings is 1. The first-order valence-electron chi connectivity index (χ1n) is 9.43. The van der Waals surface area contributed by atoms with Crippen molar-refractivity contribution < 1.29 is 18.3 Å². The fourth-order valence-electron chi connectivity index (χ4n) is 3.99. The van der Waals surface area contributed by atoms with Gasteiger partial charge >= 0.3 is 6.09 Å². The first-order chi connectivity index (χ1) is 12.2. The summed E-state index contributed by atoms with van der Waals surface area (Å²) in [7, 11) is 0. The van der Waals surface area contributed by atoms with Crippen LogP contribution in [0.15, 0.2) is 18.2 Å². The molecule has 1 amide bonds. The molecule has 2 heterocycles. The van der Waals surface area contributed by atoms with E-state index in [1.165, 1.54) is 18.9 Å². The molecule has 0 aliphatic carbocycles. The SMILES string of the molecule is CC(C)(C)OC(=O)N1CC[C@H](N2CCCC2)C[C@H]1c1cc(F)ccc1F. The van der Waals surface area contributed by atoms with Gasteiger partial charge in [0.15, 0.2) is 0 Å². The van der Waals surface area contributed by atoms with Crippen LogP contribution in [0.1, 0.15) is 58.1 Å². The summed E-state index contributed by atoms with van der Waals surface area (Å²) in [6.07, 6.45) is 3.30. The molecule has 0 N–H and O–H groups in total. The summed E-state index contributed by atoms with van der Waals surface area (Å²) < 4.78 is 33.8. The summed E-state index contributed by atoms with van der Waals surface area (Å²) in [5.74, 6) is -0.971. The standard InChI is InChI=1S/C20H28F2N2O2/c1-20(2,3)26-19(25)24-11-8-15(23-9-4-5-10-23)13-18(24)16-12-14(21)6-7-17(16)22/h6-7,12,15,18H,4-5,8-11,13H2,1-3H3/t15-,18-/m0/s1. The molecule has 4 nitrogen and oxygen atoms in total. The third-order valence-electron chi connectivity index (χ3n) is 5.18. The van der Waals surface area contributed by atoms with Crippen LogP contribution >= 0.6 is 0 Å². The highest BCUT2D eigenvalue weighted by molar-refractivity contribution is 5.69. The smallest absolute Gasteiger partial charge is 0.410 e. The zero-order chi connectivity index (χ0) is 18.9. The van der Waals surface area contributed by atoms with Gasteiger partial charge in [-0.1, -0.05) is 0 Å². The summed E-state index contributed by atoms with van der Waals surface area (Å²) >= 11 is 0. The Kier molecular flexibility index (Phi) is 5.51. The number of rotatable bonds is 2. The van der Waals surface area contributed by atoms with Gasteiger partial charge in [-0.05, 0) is 77.7 Å². The number of benzene rings is 1. The fraction of sp³-hybridized carbons (Fsp3) is 0.650. The van der Waals surface area contributed by atoms with E-state index in [4.69, 9.17) is 4.74 Å².